The van der Waals surface area contributed by atoms with E-state index in [1.165, 1.54) is 0 Å². The smallest absolute Gasteiger partial charge is 0.133 e. The van der Waals surface area contributed by atoms with Gasteiger partial charge in [-0.2, -0.15) is 0 Å². The molecule has 0 aromatic carbocycles. The highest BCUT2D eigenvalue weighted by molar-refractivity contribution is 9.10. The highest BCUT2D eigenvalue weighted by Crippen LogP contribution is 2.29. The molecular weight excluding hydrogens is 284 g/mol. The van der Waals surface area contributed by atoms with E-state index in [1.54, 1.807) is 6.20 Å². The maximum Gasteiger partial charge on any atom is 0.133 e. The number of ether oxygens (including phenoxy) is 1. The van der Waals surface area contributed by atoms with E-state index < -0.39 is 6.10 Å². The molecule has 0 radical (unpaired) electrons. The summed E-state index contributed by atoms with van der Waals surface area (Å²) in [6.45, 7) is 3.68. The minimum Gasteiger partial charge on any atom is -0.386 e. The first kappa shape index (κ1) is 12.5. The molecular formula is C12H15BrN2O2. The van der Waals surface area contributed by atoms with Crippen molar-refractivity contribution in [3.8, 4) is 0 Å². The third-order valence-corrected chi connectivity index (χ3v) is 3.00. The maximum atomic E-state index is 9.94. The molecule has 1 aliphatic heterocycles. The maximum absolute atomic E-state index is 9.94. The first-order valence-corrected chi connectivity index (χ1v) is 6.37. The first-order chi connectivity index (χ1) is 8.22. The van der Waals surface area contributed by atoms with Gasteiger partial charge in [0.05, 0.1) is 13.2 Å². The van der Waals surface area contributed by atoms with Gasteiger partial charge in [-0.25, -0.2) is 4.98 Å². The summed E-state index contributed by atoms with van der Waals surface area (Å²) in [5, 5.41) is 13.1. The molecule has 0 spiro atoms. The number of hydrogen-bond acceptors (Lipinski definition) is 4. The van der Waals surface area contributed by atoms with Gasteiger partial charge in [0.25, 0.3) is 0 Å². The van der Waals surface area contributed by atoms with Crippen LogP contribution in [0.3, 0.4) is 0 Å². The Morgan fingerprint density at radius 3 is 3.18 bits per heavy atom. The van der Waals surface area contributed by atoms with Gasteiger partial charge in [0, 0.05) is 22.8 Å². The highest BCUT2D eigenvalue weighted by atomic mass is 79.9. The van der Waals surface area contributed by atoms with Gasteiger partial charge in [0.1, 0.15) is 11.9 Å². The number of nitrogens with zero attached hydrogens (tertiary/aromatic N) is 1. The predicted molar refractivity (Wildman–Crippen MR) is 70.9 cm³/mol. The van der Waals surface area contributed by atoms with Crippen LogP contribution in [0.25, 0.3) is 5.57 Å². The number of anilines is 1. The SMILES string of the molecule is CCNc1ncc(Br)cc1C1=CCOC[C@@H]1O. The van der Waals surface area contributed by atoms with Crippen molar-refractivity contribution >= 4 is 27.3 Å². The lowest BCUT2D eigenvalue weighted by atomic mass is 10.00. The third-order valence-electron chi connectivity index (χ3n) is 2.57. The standard InChI is InChI=1S/C12H15BrN2O2/c1-2-14-12-10(5-8(13)6-15-12)9-3-4-17-7-11(9)16/h3,5-6,11,16H,2,4,7H2,1H3,(H,14,15)/t11-/m0/s1. The Labute approximate surface area is 109 Å². The second-order valence-electron chi connectivity index (χ2n) is 3.79. The number of nitrogens with one attached hydrogen (secondary N) is 1. The molecule has 0 bridgehead atoms. The van der Waals surface area contributed by atoms with Crippen LogP contribution in [0.2, 0.25) is 0 Å². The molecule has 1 aromatic rings. The van der Waals surface area contributed by atoms with Crippen LogP contribution in [0.15, 0.2) is 22.8 Å². The first-order valence-electron chi connectivity index (χ1n) is 5.58. The van der Waals surface area contributed by atoms with E-state index in [0.717, 1.165) is 28.0 Å². The van der Waals surface area contributed by atoms with Crippen LogP contribution in [0.1, 0.15) is 12.5 Å². The van der Waals surface area contributed by atoms with E-state index in [9.17, 15) is 5.11 Å². The topological polar surface area (TPSA) is 54.4 Å². The van der Waals surface area contributed by atoms with Gasteiger partial charge < -0.3 is 15.2 Å². The number of aliphatic hydroxyl groups excluding tert-OH is 1. The molecule has 17 heavy (non-hydrogen) atoms. The Balaban J connectivity index is 2.41. The van der Waals surface area contributed by atoms with Gasteiger partial charge in [-0.05, 0) is 34.5 Å². The summed E-state index contributed by atoms with van der Waals surface area (Å²) in [6.07, 6.45) is 3.06. The van der Waals surface area contributed by atoms with E-state index >= 15 is 0 Å². The summed E-state index contributed by atoms with van der Waals surface area (Å²) < 4.78 is 6.08. The Hall–Kier alpha value is -0.910. The van der Waals surface area contributed by atoms with E-state index in [2.05, 4.69) is 26.2 Å². The molecule has 0 fully saturated rings. The summed E-state index contributed by atoms with van der Waals surface area (Å²) in [7, 11) is 0. The molecule has 5 heteroatoms. The average Bonchev–Trinajstić information content (AvgIpc) is 2.32. The van der Waals surface area contributed by atoms with Crippen LogP contribution < -0.4 is 5.32 Å². The Bertz CT molecular complexity index is 435. The number of pyridine rings is 1. The van der Waals surface area contributed by atoms with Crippen LogP contribution in [0, 0.1) is 0 Å². The second kappa shape index (κ2) is 5.62. The van der Waals surface area contributed by atoms with Crippen LogP contribution in [-0.4, -0.2) is 36.0 Å². The van der Waals surface area contributed by atoms with Crippen molar-refractivity contribution in [2.24, 2.45) is 0 Å². The van der Waals surface area contributed by atoms with Crippen molar-refractivity contribution in [3.63, 3.8) is 0 Å². The quantitative estimate of drug-likeness (QED) is 0.897. The van der Waals surface area contributed by atoms with Crippen LogP contribution in [0.4, 0.5) is 5.82 Å². The summed E-state index contributed by atoms with van der Waals surface area (Å²) in [5.41, 5.74) is 1.80. The van der Waals surface area contributed by atoms with Crippen molar-refractivity contribution in [1.82, 2.24) is 4.98 Å². The molecule has 4 nitrogen and oxygen atoms in total. The number of aliphatic hydroxyl groups is 1. The molecule has 0 aliphatic carbocycles. The lowest BCUT2D eigenvalue weighted by Crippen LogP contribution is -2.23. The van der Waals surface area contributed by atoms with Gasteiger partial charge in [-0.3, -0.25) is 0 Å². The van der Waals surface area contributed by atoms with Gasteiger partial charge in [-0.1, -0.05) is 6.08 Å². The number of hydrogen-bond donors (Lipinski definition) is 2. The largest absolute Gasteiger partial charge is 0.386 e. The highest BCUT2D eigenvalue weighted by Gasteiger charge is 2.20. The fraction of sp³-hybridized carbons (Fsp3) is 0.417. The van der Waals surface area contributed by atoms with Crippen molar-refractivity contribution in [2.45, 2.75) is 13.0 Å². The van der Waals surface area contributed by atoms with Gasteiger partial charge in [0.2, 0.25) is 0 Å². The summed E-state index contributed by atoms with van der Waals surface area (Å²) in [4.78, 5) is 4.33. The zero-order valence-corrected chi connectivity index (χ0v) is 11.2. The van der Waals surface area contributed by atoms with E-state index in [-0.39, 0.29) is 0 Å². The Morgan fingerprint density at radius 2 is 2.47 bits per heavy atom. The normalized spacial score (nSPS) is 19.9. The Kier molecular flexibility index (Phi) is 4.15. The van der Waals surface area contributed by atoms with Gasteiger partial charge in [0.15, 0.2) is 0 Å². The van der Waals surface area contributed by atoms with Crippen LogP contribution >= 0.6 is 15.9 Å². The zero-order valence-electron chi connectivity index (χ0n) is 9.61. The van der Waals surface area contributed by atoms with Crippen molar-refractivity contribution in [2.75, 3.05) is 25.1 Å². The van der Waals surface area contributed by atoms with Gasteiger partial charge in [-0.15, -0.1) is 0 Å². The monoisotopic (exact) mass is 298 g/mol. The molecule has 2 rings (SSSR count). The molecule has 1 atom stereocenters. The Morgan fingerprint density at radius 1 is 1.65 bits per heavy atom. The molecule has 1 aromatic heterocycles. The fourth-order valence-corrected chi connectivity index (χ4v) is 2.14. The second-order valence-corrected chi connectivity index (χ2v) is 4.71. The minimum absolute atomic E-state index is 0.337. The summed E-state index contributed by atoms with van der Waals surface area (Å²) in [6, 6.07) is 1.96. The number of rotatable bonds is 3. The number of aromatic nitrogens is 1. The van der Waals surface area contributed by atoms with Crippen LogP contribution in [0.5, 0.6) is 0 Å². The molecule has 0 saturated carbocycles. The number of halogens is 1. The van der Waals surface area contributed by atoms with Crippen molar-refractivity contribution in [3.05, 3.63) is 28.4 Å². The molecule has 0 unspecified atom stereocenters. The molecule has 0 amide bonds. The summed E-state index contributed by atoms with van der Waals surface area (Å²) in [5.74, 6) is 0.794. The molecule has 1 aliphatic rings. The van der Waals surface area contributed by atoms with Crippen molar-refractivity contribution in [1.29, 1.82) is 0 Å². The predicted octanol–water partition coefficient (Wildman–Crippen LogP) is 2.05. The van der Waals surface area contributed by atoms with E-state index in [1.807, 2.05) is 19.1 Å². The molecule has 2 N–H and O–H groups in total. The van der Waals surface area contributed by atoms with Crippen molar-refractivity contribution < 1.29 is 9.84 Å². The third kappa shape index (κ3) is 2.86. The molecule has 2 heterocycles. The fourth-order valence-electron chi connectivity index (χ4n) is 1.81. The molecule has 0 saturated heterocycles. The average molecular weight is 299 g/mol. The minimum atomic E-state index is -0.586. The summed E-state index contributed by atoms with van der Waals surface area (Å²) >= 11 is 3.40. The lowest BCUT2D eigenvalue weighted by molar-refractivity contribution is 0.0693. The zero-order chi connectivity index (χ0) is 12.3. The van der Waals surface area contributed by atoms with E-state index in [4.69, 9.17) is 4.74 Å². The molecule has 92 valence electrons. The van der Waals surface area contributed by atoms with E-state index in [0.29, 0.717) is 13.2 Å². The van der Waals surface area contributed by atoms with Crippen LogP contribution in [-0.2, 0) is 4.74 Å². The van der Waals surface area contributed by atoms with Gasteiger partial charge >= 0.3 is 0 Å². The lowest BCUT2D eigenvalue weighted by Gasteiger charge is -2.22.